The predicted octanol–water partition coefficient (Wildman–Crippen LogP) is 5.06. The molecule has 0 aliphatic carbocycles. The number of aliphatic hydroxyl groups is 1. The fourth-order valence-corrected chi connectivity index (χ4v) is 3.29. The number of halogens is 9. The molecule has 1 atom stereocenters. The third-order valence-electron chi connectivity index (χ3n) is 5.20. The van der Waals surface area contributed by atoms with Crippen LogP contribution in [0.3, 0.4) is 0 Å². The standard InChI is InChI=1S/C23H21F9N2O5/c1-3-38-16-8-6-5-7-15(16)17(35)34-20(22(27,28)29,23(30,31)32)33-14-11-9-13(10-12-14)19(37,21(24,25)26)18(36)39-4-2/h5-12,33,37H,3-4H2,1-2H3,(H,34,35)/t19-/m1/s1. The number of nitrogens with one attached hydrogen (secondary N) is 2. The van der Waals surface area contributed by atoms with Crippen LogP contribution in [0.2, 0.25) is 0 Å². The van der Waals surface area contributed by atoms with Crippen molar-refractivity contribution in [3.05, 3.63) is 59.7 Å². The van der Waals surface area contributed by atoms with Crippen molar-refractivity contribution in [2.75, 3.05) is 18.5 Å². The van der Waals surface area contributed by atoms with Crippen LogP contribution in [-0.4, -0.2) is 54.4 Å². The van der Waals surface area contributed by atoms with E-state index in [4.69, 9.17) is 4.74 Å². The van der Waals surface area contributed by atoms with Gasteiger partial charge in [-0.25, -0.2) is 4.79 Å². The molecule has 2 aromatic rings. The van der Waals surface area contributed by atoms with Crippen LogP contribution in [-0.2, 0) is 15.1 Å². The van der Waals surface area contributed by atoms with E-state index >= 15 is 0 Å². The molecule has 0 unspecified atom stereocenters. The summed E-state index contributed by atoms with van der Waals surface area (Å²) in [6.45, 7) is 1.94. The Kier molecular flexibility index (Phi) is 9.05. The highest BCUT2D eigenvalue weighted by molar-refractivity contribution is 5.97. The molecule has 39 heavy (non-hydrogen) atoms. The van der Waals surface area contributed by atoms with Crippen molar-refractivity contribution in [1.82, 2.24) is 5.32 Å². The molecule has 1 amide bonds. The van der Waals surface area contributed by atoms with Crippen molar-refractivity contribution in [1.29, 1.82) is 0 Å². The summed E-state index contributed by atoms with van der Waals surface area (Å²) < 4.78 is 134. The van der Waals surface area contributed by atoms with Crippen LogP contribution < -0.4 is 15.4 Å². The Hall–Kier alpha value is -3.69. The van der Waals surface area contributed by atoms with Crippen LogP contribution in [0.15, 0.2) is 48.5 Å². The highest BCUT2D eigenvalue weighted by Crippen LogP contribution is 2.45. The van der Waals surface area contributed by atoms with Crippen LogP contribution in [0, 0.1) is 0 Å². The van der Waals surface area contributed by atoms with Crippen LogP contribution in [0.25, 0.3) is 0 Å². The van der Waals surface area contributed by atoms with Gasteiger partial charge >= 0.3 is 30.2 Å². The van der Waals surface area contributed by atoms with E-state index in [-0.39, 0.29) is 24.5 Å². The van der Waals surface area contributed by atoms with Gasteiger partial charge in [0.05, 0.1) is 18.8 Å². The lowest BCUT2D eigenvalue weighted by Crippen LogP contribution is -2.72. The van der Waals surface area contributed by atoms with Crippen LogP contribution in [0.5, 0.6) is 5.75 Å². The quantitative estimate of drug-likeness (QED) is 0.220. The van der Waals surface area contributed by atoms with Crippen molar-refractivity contribution in [3.8, 4) is 5.75 Å². The number of carbonyl (C=O) groups is 2. The van der Waals surface area contributed by atoms with Gasteiger partial charge in [0.1, 0.15) is 5.75 Å². The van der Waals surface area contributed by atoms with Gasteiger partial charge in [0.25, 0.3) is 11.5 Å². The van der Waals surface area contributed by atoms with Crippen LogP contribution in [0.1, 0.15) is 29.8 Å². The minimum absolute atomic E-state index is 0.0748. The summed E-state index contributed by atoms with van der Waals surface area (Å²) in [5.74, 6) is -4.32. The fraction of sp³-hybridized carbons (Fsp3) is 0.391. The maximum Gasteiger partial charge on any atom is 0.439 e. The zero-order valence-electron chi connectivity index (χ0n) is 20.0. The summed E-state index contributed by atoms with van der Waals surface area (Å²) in [6, 6.07) is 5.72. The molecule has 2 aromatic carbocycles. The molecule has 0 aliphatic heterocycles. The average molecular weight is 576 g/mol. The molecule has 0 bridgehead atoms. The molecular formula is C23H21F9N2O5. The van der Waals surface area contributed by atoms with E-state index in [0.717, 1.165) is 35.8 Å². The van der Waals surface area contributed by atoms with Crippen LogP contribution in [0.4, 0.5) is 45.2 Å². The first-order valence-electron chi connectivity index (χ1n) is 10.9. The summed E-state index contributed by atoms with van der Waals surface area (Å²) in [6.07, 6.45) is -18.2. The minimum atomic E-state index is -6.25. The minimum Gasteiger partial charge on any atom is -0.493 e. The van der Waals surface area contributed by atoms with Gasteiger partial charge in [-0.1, -0.05) is 24.3 Å². The lowest BCUT2D eigenvalue weighted by Gasteiger charge is -2.39. The molecule has 7 nitrogen and oxygen atoms in total. The van der Waals surface area contributed by atoms with E-state index in [1.54, 1.807) is 0 Å². The van der Waals surface area contributed by atoms with Gasteiger partial charge in [0, 0.05) is 11.3 Å². The molecular weight excluding hydrogens is 555 g/mol. The highest BCUT2D eigenvalue weighted by atomic mass is 19.4. The number of carbonyl (C=O) groups excluding carboxylic acids is 2. The maximum absolute atomic E-state index is 14.0. The molecule has 0 aliphatic rings. The third-order valence-corrected chi connectivity index (χ3v) is 5.20. The van der Waals surface area contributed by atoms with Crippen molar-refractivity contribution < 1.29 is 63.7 Å². The normalized spacial score (nSPS) is 14.3. The maximum atomic E-state index is 14.0. The number of alkyl halides is 9. The van der Waals surface area contributed by atoms with E-state index in [2.05, 4.69) is 4.74 Å². The second kappa shape index (κ2) is 11.2. The number of esters is 1. The largest absolute Gasteiger partial charge is 0.493 e. The highest BCUT2D eigenvalue weighted by Gasteiger charge is 2.73. The second-order valence-electron chi connectivity index (χ2n) is 7.76. The summed E-state index contributed by atoms with van der Waals surface area (Å²) in [7, 11) is 0. The van der Waals surface area contributed by atoms with Gasteiger partial charge < -0.3 is 25.2 Å². The zero-order valence-corrected chi connectivity index (χ0v) is 20.0. The smallest absolute Gasteiger partial charge is 0.439 e. The summed E-state index contributed by atoms with van der Waals surface area (Å²) in [4.78, 5) is 24.5. The number of anilines is 1. The predicted molar refractivity (Wildman–Crippen MR) is 117 cm³/mol. The topological polar surface area (TPSA) is 96.9 Å². The molecule has 2 rings (SSSR count). The Bertz CT molecular complexity index is 1150. The fourth-order valence-electron chi connectivity index (χ4n) is 3.29. The Labute approximate surface area is 214 Å². The van der Waals surface area contributed by atoms with Crippen molar-refractivity contribution in [2.45, 2.75) is 43.6 Å². The first-order valence-corrected chi connectivity index (χ1v) is 10.9. The van der Waals surface area contributed by atoms with Crippen molar-refractivity contribution in [3.63, 3.8) is 0 Å². The Morgan fingerprint density at radius 3 is 1.79 bits per heavy atom. The molecule has 0 spiro atoms. The summed E-state index contributed by atoms with van der Waals surface area (Å²) in [5.41, 5.74) is -12.4. The van der Waals surface area contributed by atoms with E-state index in [9.17, 15) is 54.2 Å². The summed E-state index contributed by atoms with van der Waals surface area (Å²) >= 11 is 0. The van der Waals surface area contributed by atoms with Gasteiger partial charge in [-0.15, -0.1) is 0 Å². The molecule has 3 N–H and O–H groups in total. The monoisotopic (exact) mass is 576 g/mol. The van der Waals surface area contributed by atoms with Gasteiger partial charge in [-0.3, -0.25) is 4.79 Å². The SMILES string of the molecule is CCOC(=O)[C@](O)(c1ccc(NC(NC(=O)c2ccccc2OCC)(C(F)(F)F)C(F)(F)F)cc1)C(F)(F)F. The second-order valence-corrected chi connectivity index (χ2v) is 7.76. The summed E-state index contributed by atoms with van der Waals surface area (Å²) in [5, 5.41) is 12.1. The number of rotatable bonds is 9. The lowest BCUT2D eigenvalue weighted by molar-refractivity contribution is -0.294. The van der Waals surface area contributed by atoms with Gasteiger partial charge in [0.2, 0.25) is 0 Å². The van der Waals surface area contributed by atoms with Gasteiger partial charge in [-0.05, 0) is 38.1 Å². The van der Waals surface area contributed by atoms with Gasteiger partial charge in [-0.2, -0.15) is 39.5 Å². The van der Waals surface area contributed by atoms with E-state index in [1.807, 2.05) is 0 Å². The van der Waals surface area contributed by atoms with Crippen molar-refractivity contribution in [2.24, 2.45) is 0 Å². The number of hydrogen-bond acceptors (Lipinski definition) is 6. The number of benzene rings is 2. The number of ether oxygens (including phenoxy) is 2. The molecule has 216 valence electrons. The molecule has 0 saturated heterocycles. The molecule has 16 heteroatoms. The molecule has 0 aromatic heterocycles. The average Bonchev–Trinajstić information content (AvgIpc) is 2.82. The first kappa shape index (κ1) is 31.5. The zero-order chi connectivity index (χ0) is 29.9. The molecule has 0 radical (unpaired) electrons. The third kappa shape index (κ3) is 6.15. The van der Waals surface area contributed by atoms with E-state index in [1.165, 1.54) is 13.0 Å². The Balaban J connectivity index is 2.58. The number of hydrogen-bond donors (Lipinski definition) is 3. The van der Waals surface area contributed by atoms with E-state index in [0.29, 0.717) is 12.1 Å². The molecule has 0 fully saturated rings. The first-order chi connectivity index (χ1) is 17.9. The lowest BCUT2D eigenvalue weighted by atomic mass is 9.92. The number of para-hydroxylation sites is 1. The van der Waals surface area contributed by atoms with Gasteiger partial charge in [0.15, 0.2) is 0 Å². The number of amides is 1. The molecule has 0 saturated carbocycles. The molecule has 0 heterocycles. The van der Waals surface area contributed by atoms with E-state index < -0.39 is 65.1 Å². The Morgan fingerprint density at radius 2 is 1.33 bits per heavy atom. The van der Waals surface area contributed by atoms with Crippen LogP contribution >= 0.6 is 0 Å². The Morgan fingerprint density at radius 1 is 0.795 bits per heavy atom. The van der Waals surface area contributed by atoms with Crippen molar-refractivity contribution >= 4 is 17.6 Å².